The zero-order valence-electron chi connectivity index (χ0n) is 12.8. The van der Waals surface area contributed by atoms with Gasteiger partial charge in [-0.1, -0.05) is 17.7 Å². The molecule has 3 rings (SSSR count). The lowest BCUT2D eigenvalue weighted by Gasteiger charge is -2.09. The summed E-state index contributed by atoms with van der Waals surface area (Å²) in [6, 6.07) is 3.60. The zero-order chi connectivity index (χ0) is 17.3. The molecule has 0 aromatic carbocycles. The molecule has 0 aliphatic carbocycles. The quantitative estimate of drug-likeness (QED) is 0.655. The molecule has 4 nitrogen and oxygen atoms in total. The van der Waals surface area contributed by atoms with Crippen molar-refractivity contribution in [2.45, 2.75) is 32.5 Å². The van der Waals surface area contributed by atoms with Gasteiger partial charge in [-0.25, -0.2) is 4.98 Å². The molecule has 0 atom stereocenters. The summed E-state index contributed by atoms with van der Waals surface area (Å²) < 4.78 is 38.7. The highest BCUT2D eigenvalue weighted by atomic mass is 35.5. The van der Waals surface area contributed by atoms with Crippen LogP contribution < -0.4 is 0 Å². The van der Waals surface area contributed by atoms with E-state index in [1.54, 1.807) is 36.3 Å². The van der Waals surface area contributed by atoms with E-state index >= 15 is 0 Å². The molecule has 0 aliphatic rings. The summed E-state index contributed by atoms with van der Waals surface area (Å²) in [5.74, 6) is 0. The van der Waals surface area contributed by atoms with Crippen molar-refractivity contribution in [3.05, 3.63) is 52.7 Å². The average Bonchev–Trinajstić information content (AvgIpc) is 2.89. The van der Waals surface area contributed by atoms with E-state index in [-0.39, 0.29) is 6.42 Å². The number of aryl methyl sites for hydroxylation is 2. The number of aromatic nitrogens is 4. The van der Waals surface area contributed by atoms with E-state index < -0.39 is 12.6 Å². The molecule has 0 fully saturated rings. The second-order valence-corrected chi connectivity index (χ2v) is 5.94. The van der Waals surface area contributed by atoms with E-state index in [1.165, 1.54) is 0 Å². The lowest BCUT2D eigenvalue weighted by Crippen LogP contribution is -2.10. The third-order valence-electron chi connectivity index (χ3n) is 3.67. The minimum Gasteiger partial charge on any atom is -0.267 e. The molecule has 0 spiro atoms. The van der Waals surface area contributed by atoms with Crippen LogP contribution in [0.2, 0.25) is 5.15 Å². The SMILES string of the molecule is Cc1cc(Cn2cc3c(Cl)nccc3n2)cnc1CCC(F)(F)F. The Morgan fingerprint density at radius 2 is 2.04 bits per heavy atom. The van der Waals surface area contributed by atoms with Gasteiger partial charge < -0.3 is 0 Å². The zero-order valence-corrected chi connectivity index (χ0v) is 13.6. The number of pyridine rings is 2. The Morgan fingerprint density at radius 3 is 2.71 bits per heavy atom. The van der Waals surface area contributed by atoms with Crippen molar-refractivity contribution < 1.29 is 13.2 Å². The maximum atomic E-state index is 12.3. The molecular formula is C16H14ClF3N4. The standard InChI is InChI=1S/C16H14ClF3N4/c1-10-6-11(7-22-13(10)2-4-16(18,19)20)8-24-9-12-14(23-24)3-5-21-15(12)17/h3,5-7,9H,2,4,8H2,1H3. The molecule has 3 aromatic heterocycles. The van der Waals surface area contributed by atoms with Gasteiger partial charge in [0.05, 0.1) is 17.4 Å². The van der Waals surface area contributed by atoms with Gasteiger partial charge in [-0.05, 0) is 30.5 Å². The summed E-state index contributed by atoms with van der Waals surface area (Å²) in [6.07, 6.45) is -0.181. The number of hydrogen-bond donors (Lipinski definition) is 0. The maximum Gasteiger partial charge on any atom is 0.389 e. The summed E-state index contributed by atoms with van der Waals surface area (Å²) in [5.41, 5.74) is 2.81. The average molecular weight is 355 g/mol. The number of alkyl halides is 3. The summed E-state index contributed by atoms with van der Waals surface area (Å²) in [6.45, 7) is 2.22. The van der Waals surface area contributed by atoms with Gasteiger partial charge in [-0.15, -0.1) is 0 Å². The highest BCUT2D eigenvalue weighted by Gasteiger charge is 2.27. The second kappa shape index (κ2) is 6.39. The molecule has 24 heavy (non-hydrogen) atoms. The first kappa shape index (κ1) is 16.7. The highest BCUT2D eigenvalue weighted by molar-refractivity contribution is 6.34. The van der Waals surface area contributed by atoms with Gasteiger partial charge in [-0.2, -0.15) is 18.3 Å². The first-order valence-corrected chi connectivity index (χ1v) is 7.68. The Kier molecular flexibility index (Phi) is 4.45. The Balaban J connectivity index is 1.77. The molecule has 0 aliphatic heterocycles. The van der Waals surface area contributed by atoms with Crippen LogP contribution in [0.15, 0.2) is 30.7 Å². The molecule has 0 saturated heterocycles. The van der Waals surface area contributed by atoms with Gasteiger partial charge >= 0.3 is 6.18 Å². The van der Waals surface area contributed by atoms with Crippen molar-refractivity contribution in [1.82, 2.24) is 19.7 Å². The van der Waals surface area contributed by atoms with E-state index in [2.05, 4.69) is 15.1 Å². The molecule has 0 bridgehead atoms. The largest absolute Gasteiger partial charge is 0.389 e. The Labute approximate surface area is 141 Å². The highest BCUT2D eigenvalue weighted by Crippen LogP contribution is 2.23. The minimum atomic E-state index is -4.17. The molecule has 126 valence electrons. The van der Waals surface area contributed by atoms with Crippen molar-refractivity contribution in [3.63, 3.8) is 0 Å². The number of rotatable bonds is 4. The van der Waals surface area contributed by atoms with Crippen molar-refractivity contribution in [2.75, 3.05) is 0 Å². The molecule has 0 amide bonds. The summed E-state index contributed by atoms with van der Waals surface area (Å²) in [7, 11) is 0. The third kappa shape index (κ3) is 3.84. The van der Waals surface area contributed by atoms with Crippen molar-refractivity contribution >= 4 is 22.5 Å². The predicted molar refractivity (Wildman–Crippen MR) is 85.0 cm³/mol. The van der Waals surface area contributed by atoms with Crippen LogP contribution in [0.3, 0.4) is 0 Å². The summed E-state index contributed by atoms with van der Waals surface area (Å²) >= 11 is 6.02. The van der Waals surface area contributed by atoms with Crippen LogP contribution in [0.1, 0.15) is 23.2 Å². The van der Waals surface area contributed by atoms with Gasteiger partial charge in [0.1, 0.15) is 5.15 Å². The van der Waals surface area contributed by atoms with Gasteiger partial charge in [0.25, 0.3) is 0 Å². The Bertz CT molecular complexity index is 873. The Morgan fingerprint density at radius 1 is 1.25 bits per heavy atom. The normalized spacial score (nSPS) is 12.0. The van der Waals surface area contributed by atoms with Gasteiger partial charge in [0, 0.05) is 30.7 Å². The van der Waals surface area contributed by atoms with Gasteiger partial charge in [-0.3, -0.25) is 9.67 Å². The first-order valence-electron chi connectivity index (χ1n) is 7.30. The molecule has 0 N–H and O–H groups in total. The maximum absolute atomic E-state index is 12.3. The summed E-state index contributed by atoms with van der Waals surface area (Å²) in [4.78, 5) is 8.17. The second-order valence-electron chi connectivity index (χ2n) is 5.58. The lowest BCUT2D eigenvalue weighted by atomic mass is 10.1. The van der Waals surface area contributed by atoms with Crippen LogP contribution in [-0.2, 0) is 13.0 Å². The monoisotopic (exact) mass is 354 g/mol. The molecular weight excluding hydrogens is 341 g/mol. The first-order chi connectivity index (χ1) is 11.3. The van der Waals surface area contributed by atoms with Gasteiger partial charge in [0.2, 0.25) is 0 Å². The number of halogens is 4. The van der Waals surface area contributed by atoms with Crippen LogP contribution in [0.5, 0.6) is 0 Å². The fourth-order valence-corrected chi connectivity index (χ4v) is 2.70. The van der Waals surface area contributed by atoms with Crippen molar-refractivity contribution in [2.24, 2.45) is 0 Å². The molecule has 3 aromatic rings. The fraction of sp³-hybridized carbons (Fsp3) is 0.312. The van der Waals surface area contributed by atoms with Crippen LogP contribution in [-0.4, -0.2) is 25.9 Å². The van der Waals surface area contributed by atoms with Crippen LogP contribution >= 0.6 is 11.6 Å². The van der Waals surface area contributed by atoms with Crippen LogP contribution in [0, 0.1) is 6.92 Å². The molecule has 3 heterocycles. The molecule has 8 heteroatoms. The van der Waals surface area contributed by atoms with E-state index in [9.17, 15) is 13.2 Å². The van der Waals surface area contributed by atoms with E-state index in [1.807, 2.05) is 6.07 Å². The molecule has 0 unspecified atom stereocenters. The minimum absolute atomic E-state index is 0.109. The van der Waals surface area contributed by atoms with Gasteiger partial charge in [0.15, 0.2) is 0 Å². The Hall–Kier alpha value is -2.15. The smallest absolute Gasteiger partial charge is 0.267 e. The number of nitrogens with zero attached hydrogens (tertiary/aromatic N) is 4. The van der Waals surface area contributed by atoms with E-state index in [0.717, 1.165) is 22.0 Å². The topological polar surface area (TPSA) is 43.6 Å². The fourth-order valence-electron chi connectivity index (χ4n) is 2.50. The molecule has 0 saturated carbocycles. The number of fused-ring (bicyclic) bond motifs is 1. The van der Waals surface area contributed by atoms with E-state index in [0.29, 0.717) is 17.4 Å². The number of hydrogen-bond acceptors (Lipinski definition) is 3. The lowest BCUT2D eigenvalue weighted by molar-refractivity contribution is -0.134. The van der Waals surface area contributed by atoms with Crippen molar-refractivity contribution in [3.8, 4) is 0 Å². The van der Waals surface area contributed by atoms with Crippen LogP contribution in [0.25, 0.3) is 10.9 Å². The van der Waals surface area contributed by atoms with Crippen molar-refractivity contribution in [1.29, 1.82) is 0 Å². The predicted octanol–water partition coefficient (Wildman–Crippen LogP) is 4.33. The van der Waals surface area contributed by atoms with E-state index in [4.69, 9.17) is 11.6 Å². The third-order valence-corrected chi connectivity index (χ3v) is 3.97. The summed E-state index contributed by atoms with van der Waals surface area (Å²) in [5, 5.41) is 5.55. The van der Waals surface area contributed by atoms with Crippen LogP contribution in [0.4, 0.5) is 13.2 Å². The molecule has 0 radical (unpaired) electrons.